The van der Waals surface area contributed by atoms with Crippen LogP contribution in [0, 0.1) is 46.5 Å². The topological polar surface area (TPSA) is 106 Å². The van der Waals surface area contributed by atoms with Crippen LogP contribution in [-0.4, -0.2) is 29.9 Å². The van der Waals surface area contributed by atoms with Gasteiger partial charge in [0.1, 0.15) is 46.5 Å². The Hall–Kier alpha value is -5.70. The van der Waals surface area contributed by atoms with Gasteiger partial charge in [0.05, 0.1) is 23.3 Å². The van der Waals surface area contributed by atoms with Crippen molar-refractivity contribution in [3.8, 4) is 45.6 Å². The Labute approximate surface area is 278 Å². The Balaban J connectivity index is 0.00000348. The first kappa shape index (κ1) is 30.6. The third kappa shape index (κ3) is 4.59. The summed E-state index contributed by atoms with van der Waals surface area (Å²) in [6, 6.07) is 5.69. The third-order valence-corrected chi connectivity index (χ3v) is 7.77. The van der Waals surface area contributed by atoms with Crippen molar-refractivity contribution in [2.45, 2.75) is 0 Å². The zero-order valence-corrected chi connectivity index (χ0v) is 26.9. The predicted octanol–water partition coefficient (Wildman–Crippen LogP) is 7.24. The van der Waals surface area contributed by atoms with Crippen molar-refractivity contribution in [1.29, 1.82) is 0 Å². The van der Waals surface area contributed by atoms with Gasteiger partial charge in [-0.05, 0) is 24.3 Å². The van der Waals surface area contributed by atoms with E-state index in [1.165, 1.54) is 0 Å². The number of hydrogen-bond acceptors (Lipinski definition) is 6. The zero-order valence-electron chi connectivity index (χ0n) is 23.9. The van der Waals surface area contributed by atoms with E-state index in [1.54, 1.807) is 0 Å². The zero-order chi connectivity index (χ0) is 33.2. The van der Waals surface area contributed by atoms with Crippen molar-refractivity contribution in [2.75, 3.05) is 0 Å². The molecule has 7 aromatic rings. The summed E-state index contributed by atoms with van der Waals surface area (Å²) in [6.07, 6.45) is 0. The van der Waals surface area contributed by atoms with E-state index in [-0.39, 0.29) is 63.3 Å². The molecule has 2 aliphatic rings. The number of hydrogen-bond donors (Lipinski definition) is 0. The van der Waals surface area contributed by atoms with E-state index in [1.807, 2.05) is 0 Å². The summed E-state index contributed by atoms with van der Waals surface area (Å²) in [7, 11) is 0. The van der Waals surface area contributed by atoms with Crippen molar-refractivity contribution in [3.63, 3.8) is 0 Å². The quantitative estimate of drug-likeness (QED) is 0.119. The molecule has 2 aliphatic heterocycles. The minimum Gasteiger partial charge on any atom is -0.357 e. The smallest absolute Gasteiger partial charge is 0.357 e. The number of rotatable bonds is 0. The molecular formula is C32H8F8N8Zn. The summed E-state index contributed by atoms with van der Waals surface area (Å²) in [5, 5.41) is -1.25. The van der Waals surface area contributed by atoms with Gasteiger partial charge in [-0.1, -0.05) is 0 Å². The number of benzene rings is 4. The van der Waals surface area contributed by atoms with Crippen molar-refractivity contribution >= 4 is 44.1 Å². The second-order valence-corrected chi connectivity index (χ2v) is 10.7. The number of aromatic nitrogens is 8. The summed E-state index contributed by atoms with van der Waals surface area (Å²) in [6.45, 7) is 0. The van der Waals surface area contributed by atoms with Crippen LogP contribution in [0.3, 0.4) is 0 Å². The first-order valence-electron chi connectivity index (χ1n) is 13.7. The molecule has 49 heavy (non-hydrogen) atoms. The van der Waals surface area contributed by atoms with E-state index < -0.39 is 92.4 Å². The molecule has 8 bridgehead atoms. The molecular weight excluding hydrogens is 714 g/mol. The van der Waals surface area contributed by atoms with Gasteiger partial charge in [0.15, 0.2) is 0 Å². The maximum atomic E-state index is 15.3. The van der Waals surface area contributed by atoms with Crippen LogP contribution in [0.2, 0.25) is 0 Å². The minimum atomic E-state index is -1.14. The van der Waals surface area contributed by atoms with Crippen LogP contribution < -0.4 is 9.97 Å². The fourth-order valence-corrected chi connectivity index (χ4v) is 5.84. The third-order valence-electron chi connectivity index (χ3n) is 7.77. The maximum absolute atomic E-state index is 15.3. The molecule has 0 aliphatic carbocycles. The van der Waals surface area contributed by atoms with Crippen molar-refractivity contribution < 1.29 is 54.6 Å². The number of nitrogens with zero attached hydrogens (tertiary/aromatic N) is 8. The van der Waals surface area contributed by atoms with Crippen LogP contribution in [0.5, 0.6) is 0 Å². The molecule has 234 valence electrons. The summed E-state index contributed by atoms with van der Waals surface area (Å²) in [4.78, 5) is 33.8. The van der Waals surface area contributed by atoms with Crippen LogP contribution in [0.25, 0.3) is 89.7 Å². The summed E-state index contributed by atoms with van der Waals surface area (Å²) < 4.78 is 119. The fourth-order valence-electron chi connectivity index (χ4n) is 5.84. The fraction of sp³-hybridized carbons (Fsp3) is 0. The molecule has 5 heterocycles. The molecule has 0 saturated carbocycles. The average molecular weight is 722 g/mol. The van der Waals surface area contributed by atoms with Gasteiger partial charge in [-0.2, -0.15) is 0 Å². The van der Waals surface area contributed by atoms with Crippen LogP contribution in [0.4, 0.5) is 35.1 Å². The Morgan fingerprint density at radius 3 is 1.12 bits per heavy atom. The summed E-state index contributed by atoms with van der Waals surface area (Å²) >= 11 is 0. The molecule has 0 N–H and O–H groups in total. The molecule has 0 saturated heterocycles. The molecule has 0 amide bonds. The average Bonchev–Trinajstić information content (AvgIpc) is 3.72. The van der Waals surface area contributed by atoms with Gasteiger partial charge in [0.2, 0.25) is 0 Å². The van der Waals surface area contributed by atoms with Gasteiger partial charge in [0, 0.05) is 90.7 Å². The van der Waals surface area contributed by atoms with E-state index in [2.05, 4.69) is 39.9 Å². The Morgan fingerprint density at radius 1 is 0.367 bits per heavy atom. The molecule has 0 atom stereocenters. The van der Waals surface area contributed by atoms with Crippen LogP contribution in [0.15, 0.2) is 48.5 Å². The summed E-state index contributed by atoms with van der Waals surface area (Å²) in [5.41, 5.74) is -3.00. The predicted molar refractivity (Wildman–Crippen MR) is 154 cm³/mol. The van der Waals surface area contributed by atoms with E-state index in [0.29, 0.717) is 24.3 Å². The molecule has 4 aromatic carbocycles. The Morgan fingerprint density at radius 2 is 0.714 bits per heavy atom. The van der Waals surface area contributed by atoms with Gasteiger partial charge in [-0.3, -0.25) is 0 Å². The molecule has 3 aromatic heterocycles. The van der Waals surface area contributed by atoms with Crippen molar-refractivity contribution in [2.24, 2.45) is 0 Å². The maximum Gasteiger partial charge on any atom is 2.00 e. The van der Waals surface area contributed by atoms with Crippen LogP contribution in [0.1, 0.15) is 0 Å². The first-order chi connectivity index (χ1) is 23.0. The molecule has 8 nitrogen and oxygen atoms in total. The first-order valence-corrected chi connectivity index (χ1v) is 13.7. The van der Waals surface area contributed by atoms with E-state index in [0.717, 1.165) is 24.3 Å². The number of fused-ring (bicyclic) bond motifs is 20. The standard InChI is InChI=1S/C32H8F8N8.Zn/c33-9-1-13-21(17(37)5-9)29-41-25(13)45-30-22-14(2-10(34)6-18(22)38)27(42-30)47-32-24-16(4-12(36)8-20(24)40)28(44-32)48-31-23-15(26(43-31)46-29)3-11(35)7-19(23)39;/h1-8H;/q-2;+2. The molecule has 0 unspecified atom stereocenters. The second kappa shape index (κ2) is 10.7. The monoisotopic (exact) mass is 720 g/mol. The Bertz CT molecular complexity index is 2610. The normalized spacial score (nSPS) is 11.9. The molecule has 0 fully saturated rings. The van der Waals surface area contributed by atoms with Crippen molar-refractivity contribution in [3.05, 3.63) is 95.1 Å². The van der Waals surface area contributed by atoms with Crippen LogP contribution in [-0.2, 0) is 19.5 Å². The molecule has 17 heteroatoms. The van der Waals surface area contributed by atoms with Crippen LogP contribution >= 0.6 is 0 Å². The molecule has 0 radical (unpaired) electrons. The minimum absolute atomic E-state index is 0. The number of halogens is 8. The van der Waals surface area contributed by atoms with Gasteiger partial charge < -0.3 is 29.9 Å². The van der Waals surface area contributed by atoms with Gasteiger partial charge in [-0.15, -0.1) is 0 Å². The molecule has 0 spiro atoms. The second-order valence-electron chi connectivity index (χ2n) is 10.7. The SMILES string of the molecule is Fc1cc(F)c2c(c1)-c1nc-2nc2[n-]c(nc3nc(nc4[n-]c(n1)c1c(F)cc(F)cc41)-c1c(F)cc(F)cc1-3)c1c(F)cc(F)cc21.[Zn+2]. The van der Waals surface area contributed by atoms with E-state index >= 15 is 17.6 Å². The van der Waals surface area contributed by atoms with E-state index in [4.69, 9.17) is 0 Å². The largest absolute Gasteiger partial charge is 2.00 e. The van der Waals surface area contributed by atoms with Gasteiger partial charge in [-0.25, -0.2) is 45.1 Å². The molecule has 9 rings (SSSR count). The summed E-state index contributed by atoms with van der Waals surface area (Å²) in [5.74, 6) is -10.4. The van der Waals surface area contributed by atoms with Gasteiger partial charge in [0.25, 0.3) is 0 Å². The van der Waals surface area contributed by atoms with Crippen molar-refractivity contribution in [1.82, 2.24) is 39.9 Å². The van der Waals surface area contributed by atoms with E-state index in [9.17, 15) is 17.6 Å². The Kier molecular flexibility index (Phi) is 6.66. The van der Waals surface area contributed by atoms with Gasteiger partial charge >= 0.3 is 19.5 Å².